The predicted octanol–water partition coefficient (Wildman–Crippen LogP) is 2.98. The van der Waals surface area contributed by atoms with Gasteiger partial charge in [0.05, 0.1) is 17.7 Å². The molecule has 0 bridgehead atoms. The minimum absolute atomic E-state index is 0.00394. The highest BCUT2D eigenvalue weighted by atomic mass is 32.2. The van der Waals surface area contributed by atoms with Crippen LogP contribution in [0, 0.1) is 0 Å². The zero-order valence-corrected chi connectivity index (χ0v) is 20.2. The van der Waals surface area contributed by atoms with Gasteiger partial charge in [-0.2, -0.15) is 0 Å². The lowest BCUT2D eigenvalue weighted by molar-refractivity contribution is -0.141. The maximum atomic E-state index is 13.3. The Labute approximate surface area is 204 Å². The molecule has 0 radical (unpaired) electrons. The zero-order chi connectivity index (χ0) is 25.5. The third kappa shape index (κ3) is 5.51. The Morgan fingerprint density at radius 2 is 1.66 bits per heavy atom. The molecule has 10 heteroatoms. The van der Waals surface area contributed by atoms with Crippen molar-refractivity contribution in [3.63, 3.8) is 0 Å². The van der Waals surface area contributed by atoms with E-state index in [4.69, 9.17) is 9.94 Å². The Morgan fingerprint density at radius 3 is 2.17 bits per heavy atom. The highest BCUT2D eigenvalue weighted by molar-refractivity contribution is 7.93. The number of hydrogen-bond acceptors (Lipinski definition) is 8. The molecule has 1 saturated heterocycles. The van der Waals surface area contributed by atoms with Crippen LogP contribution in [0.15, 0.2) is 77.8 Å². The van der Waals surface area contributed by atoms with Crippen LogP contribution in [0.4, 0.5) is 0 Å². The van der Waals surface area contributed by atoms with Crippen molar-refractivity contribution in [2.75, 3.05) is 20.2 Å². The van der Waals surface area contributed by atoms with Crippen LogP contribution in [0.1, 0.15) is 18.4 Å². The van der Waals surface area contributed by atoms with Crippen LogP contribution in [-0.4, -0.2) is 59.5 Å². The van der Waals surface area contributed by atoms with Crippen molar-refractivity contribution in [2.24, 2.45) is 5.90 Å². The number of pyridine rings is 1. The molecule has 0 unspecified atom stereocenters. The first-order valence-corrected chi connectivity index (χ1v) is 12.4. The number of likely N-dealkylation sites (tertiary alicyclic amines) is 1. The fraction of sp³-hybridized carbons (Fsp3) is 0.280. The molecule has 35 heavy (non-hydrogen) atoms. The first kappa shape index (κ1) is 26.3. The van der Waals surface area contributed by atoms with Gasteiger partial charge in [0, 0.05) is 31.4 Å². The Hall–Kier alpha value is -3.31. The molecule has 1 aromatic heterocycles. The van der Waals surface area contributed by atoms with Crippen molar-refractivity contribution in [3.05, 3.63) is 78.5 Å². The molecule has 186 valence electrons. The van der Waals surface area contributed by atoms with Crippen molar-refractivity contribution in [1.82, 2.24) is 9.88 Å². The smallest absolute Gasteiger partial charge is 0.325 e. The summed E-state index contributed by atoms with van der Waals surface area (Å²) < 4.78 is 29.9. The Bertz CT molecular complexity index is 1210. The quantitative estimate of drug-likeness (QED) is 0.418. The molecule has 9 nitrogen and oxygen atoms in total. The number of benzene rings is 2. The molecule has 4 N–H and O–H groups in total. The van der Waals surface area contributed by atoms with E-state index in [9.17, 15) is 18.3 Å². The lowest BCUT2D eigenvalue weighted by atomic mass is 9.95. The van der Waals surface area contributed by atoms with E-state index in [1.807, 2.05) is 42.5 Å². The number of rotatable bonds is 7. The van der Waals surface area contributed by atoms with Crippen molar-refractivity contribution in [1.29, 1.82) is 0 Å². The number of hydrogen-bond donors (Lipinski definition) is 3. The highest BCUT2D eigenvalue weighted by Crippen LogP contribution is 2.37. The molecule has 1 aliphatic heterocycles. The number of ether oxygens (including phenoxy) is 1. The van der Waals surface area contributed by atoms with Crippen molar-refractivity contribution in [2.45, 2.75) is 29.0 Å². The van der Waals surface area contributed by atoms with Gasteiger partial charge in [-0.25, -0.2) is 14.3 Å². The van der Waals surface area contributed by atoms with Gasteiger partial charge in [-0.05, 0) is 54.8 Å². The van der Waals surface area contributed by atoms with E-state index in [1.165, 1.54) is 31.4 Å². The van der Waals surface area contributed by atoms with E-state index in [0.717, 1.165) is 16.8 Å². The summed E-state index contributed by atoms with van der Waals surface area (Å²) in [7, 11) is -2.58. The third-order valence-corrected chi connectivity index (χ3v) is 8.76. The van der Waals surface area contributed by atoms with Gasteiger partial charge in [-0.15, -0.1) is 0 Å². The summed E-state index contributed by atoms with van der Waals surface area (Å²) in [5.41, 5.74) is 3.00. The molecular weight excluding hydrogens is 470 g/mol. The lowest BCUT2D eigenvalue weighted by Crippen LogP contribution is -2.54. The summed E-state index contributed by atoms with van der Waals surface area (Å²) in [5.74, 6) is 2.72. The summed E-state index contributed by atoms with van der Waals surface area (Å²) in [4.78, 5) is 18.7. The van der Waals surface area contributed by atoms with Crippen LogP contribution >= 0.6 is 0 Å². The Balaban J connectivity index is 0.00000167. The molecule has 2 heterocycles. The second-order valence-corrected chi connectivity index (χ2v) is 10.4. The molecule has 0 aliphatic carbocycles. The molecule has 2 aromatic carbocycles. The van der Waals surface area contributed by atoms with Crippen LogP contribution < -0.4 is 10.6 Å². The van der Waals surface area contributed by atoms with E-state index in [-0.39, 0.29) is 17.7 Å². The van der Waals surface area contributed by atoms with Gasteiger partial charge >= 0.3 is 5.97 Å². The van der Waals surface area contributed by atoms with Crippen molar-refractivity contribution < 1.29 is 28.3 Å². The number of carbonyl (C=O) groups is 1. The minimum Gasteiger partial charge on any atom is -0.497 e. The SMILES string of the molecule is COc1ccc(S(=O)(=O)C2(C(=O)O)CCN(Cc3ccc(-c4ccccn4)cc3)CC2)cc1.NO. The number of aromatic nitrogens is 1. The van der Waals surface area contributed by atoms with Crippen LogP contribution in [-0.2, 0) is 21.2 Å². The molecule has 4 rings (SSSR count). The lowest BCUT2D eigenvalue weighted by Gasteiger charge is -2.38. The average Bonchev–Trinajstić information content (AvgIpc) is 2.91. The van der Waals surface area contributed by atoms with Crippen LogP contribution in [0.5, 0.6) is 5.75 Å². The standard InChI is InChI=1S/C25H26N2O5S.H3NO/c1-32-21-9-11-22(12-10-21)33(30,31)25(24(28)29)13-16-27(17-14-25)18-19-5-7-20(8-6-19)23-4-2-3-15-26-23;1-2/h2-12,15H,13-14,16-18H2,1H3,(H,28,29);2H,1H2. The number of aliphatic carboxylic acids is 1. The van der Waals surface area contributed by atoms with E-state index in [1.54, 1.807) is 6.20 Å². The van der Waals surface area contributed by atoms with Gasteiger partial charge in [0.25, 0.3) is 0 Å². The Kier molecular flexibility index (Phi) is 8.57. The first-order valence-electron chi connectivity index (χ1n) is 11.0. The number of nitrogens with two attached hydrogens (primary N) is 1. The van der Waals surface area contributed by atoms with Crippen molar-refractivity contribution in [3.8, 4) is 17.0 Å². The Morgan fingerprint density at radius 1 is 1.03 bits per heavy atom. The molecular formula is C25H29N3O6S. The monoisotopic (exact) mass is 499 g/mol. The normalized spacial score (nSPS) is 15.5. The van der Waals surface area contributed by atoms with Crippen LogP contribution in [0.3, 0.4) is 0 Å². The van der Waals surface area contributed by atoms with Gasteiger partial charge in [0.2, 0.25) is 0 Å². The summed E-state index contributed by atoms with van der Waals surface area (Å²) in [6.07, 6.45) is 1.82. The fourth-order valence-electron chi connectivity index (χ4n) is 4.22. The largest absolute Gasteiger partial charge is 0.497 e. The molecule has 0 atom stereocenters. The zero-order valence-electron chi connectivity index (χ0n) is 19.4. The number of carboxylic acids is 1. The molecule has 0 saturated carbocycles. The second kappa shape index (κ2) is 11.4. The molecule has 0 amide bonds. The maximum absolute atomic E-state index is 13.3. The fourth-order valence-corrected chi connectivity index (χ4v) is 6.12. The molecule has 1 fully saturated rings. The minimum atomic E-state index is -4.07. The van der Waals surface area contributed by atoms with Gasteiger partial charge in [0.1, 0.15) is 5.75 Å². The molecule has 1 aliphatic rings. The summed E-state index contributed by atoms with van der Waals surface area (Å²) >= 11 is 0. The van der Waals surface area contributed by atoms with Crippen LogP contribution in [0.2, 0.25) is 0 Å². The average molecular weight is 500 g/mol. The van der Waals surface area contributed by atoms with E-state index < -0.39 is 20.6 Å². The number of piperidine rings is 1. The summed E-state index contributed by atoms with van der Waals surface area (Å²) in [5, 5.41) is 16.5. The van der Waals surface area contributed by atoms with Crippen molar-refractivity contribution >= 4 is 15.8 Å². The van der Waals surface area contributed by atoms with Crippen LogP contribution in [0.25, 0.3) is 11.3 Å². The molecule has 3 aromatic rings. The van der Waals surface area contributed by atoms with E-state index >= 15 is 0 Å². The van der Waals surface area contributed by atoms with Gasteiger partial charge < -0.3 is 15.1 Å². The van der Waals surface area contributed by atoms with E-state index in [2.05, 4.69) is 15.8 Å². The summed E-state index contributed by atoms with van der Waals surface area (Å²) in [6.45, 7) is 1.38. The highest BCUT2D eigenvalue weighted by Gasteiger charge is 2.53. The van der Waals surface area contributed by atoms with E-state index in [0.29, 0.717) is 25.4 Å². The topological polar surface area (TPSA) is 143 Å². The first-order chi connectivity index (χ1) is 16.9. The predicted molar refractivity (Wildman–Crippen MR) is 131 cm³/mol. The number of carboxylic acid groups (broad SMARTS) is 1. The third-order valence-electron chi connectivity index (χ3n) is 6.26. The number of nitrogens with zero attached hydrogens (tertiary/aromatic N) is 2. The van der Waals surface area contributed by atoms with Gasteiger partial charge in [0.15, 0.2) is 14.6 Å². The second-order valence-electron chi connectivity index (χ2n) is 8.17. The van der Waals surface area contributed by atoms with Gasteiger partial charge in [-0.3, -0.25) is 14.7 Å². The number of methoxy groups -OCH3 is 1. The number of sulfone groups is 1. The molecule has 0 spiro atoms. The maximum Gasteiger partial charge on any atom is 0.325 e. The summed E-state index contributed by atoms with van der Waals surface area (Å²) in [6, 6.07) is 19.7. The van der Waals surface area contributed by atoms with Gasteiger partial charge in [-0.1, -0.05) is 30.3 Å².